The minimum atomic E-state index is 0.0154. The molecule has 0 saturated carbocycles. The summed E-state index contributed by atoms with van der Waals surface area (Å²) in [7, 11) is 4.03. The lowest BCUT2D eigenvalue weighted by Gasteiger charge is -2.18. The molecule has 0 aliphatic heterocycles. The molecule has 0 unspecified atom stereocenters. The van der Waals surface area contributed by atoms with Gasteiger partial charge in [0.2, 0.25) is 5.91 Å². The van der Waals surface area contributed by atoms with E-state index in [1.165, 1.54) is 0 Å². The van der Waals surface area contributed by atoms with E-state index < -0.39 is 0 Å². The summed E-state index contributed by atoms with van der Waals surface area (Å²) in [6.45, 7) is 4.66. The molecule has 0 bridgehead atoms. The Labute approximate surface area is 148 Å². The molecular formula is C20H24N4O. The van der Waals surface area contributed by atoms with E-state index in [1.54, 1.807) is 6.33 Å². The number of aromatic nitrogens is 2. The molecule has 5 heteroatoms. The Kier molecular flexibility index (Phi) is 4.74. The Hall–Kier alpha value is -2.82. The normalized spacial score (nSPS) is 10.9. The van der Waals surface area contributed by atoms with Crippen LogP contribution in [0.25, 0.3) is 11.0 Å². The molecule has 1 aromatic heterocycles. The van der Waals surface area contributed by atoms with E-state index in [0.717, 1.165) is 33.5 Å². The quantitative estimate of drug-likeness (QED) is 0.772. The zero-order valence-corrected chi connectivity index (χ0v) is 15.2. The summed E-state index contributed by atoms with van der Waals surface area (Å²) < 4.78 is 2.02. The molecule has 25 heavy (non-hydrogen) atoms. The highest BCUT2D eigenvalue weighted by Crippen LogP contribution is 2.26. The predicted octanol–water partition coefficient (Wildman–Crippen LogP) is 3.75. The number of nitrogens with one attached hydrogen (secondary N) is 1. The third-order valence-corrected chi connectivity index (χ3v) is 4.41. The van der Waals surface area contributed by atoms with Gasteiger partial charge in [-0.2, -0.15) is 0 Å². The minimum absolute atomic E-state index is 0.0154. The Morgan fingerprint density at radius 2 is 1.84 bits per heavy atom. The molecule has 1 amide bonds. The summed E-state index contributed by atoms with van der Waals surface area (Å²) in [5, 5.41) is 3.06. The second-order valence-corrected chi connectivity index (χ2v) is 6.57. The molecule has 1 N–H and O–H groups in total. The Balaban J connectivity index is 1.69. The van der Waals surface area contributed by atoms with Gasteiger partial charge in [0, 0.05) is 38.4 Å². The first-order chi connectivity index (χ1) is 12.0. The molecule has 2 aromatic carbocycles. The molecule has 3 rings (SSSR count). The number of rotatable bonds is 5. The zero-order chi connectivity index (χ0) is 18.0. The summed E-state index contributed by atoms with van der Waals surface area (Å²) in [6, 6.07) is 12.1. The van der Waals surface area contributed by atoms with Gasteiger partial charge in [-0.1, -0.05) is 12.1 Å². The molecular weight excluding hydrogens is 312 g/mol. The highest BCUT2D eigenvalue weighted by Gasteiger charge is 2.11. The number of aryl methyl sites for hydroxylation is 3. The van der Waals surface area contributed by atoms with Crippen LogP contribution in [-0.2, 0) is 11.3 Å². The van der Waals surface area contributed by atoms with Crippen molar-refractivity contribution in [2.75, 3.05) is 24.3 Å². The lowest BCUT2D eigenvalue weighted by atomic mass is 10.1. The van der Waals surface area contributed by atoms with Gasteiger partial charge >= 0.3 is 0 Å². The van der Waals surface area contributed by atoms with Gasteiger partial charge in [0.05, 0.1) is 17.4 Å². The lowest BCUT2D eigenvalue weighted by molar-refractivity contribution is -0.116. The number of nitrogens with zero attached hydrogens (tertiary/aromatic N) is 3. The van der Waals surface area contributed by atoms with Crippen molar-refractivity contribution in [3.63, 3.8) is 0 Å². The maximum absolute atomic E-state index is 12.4. The molecule has 0 fully saturated rings. The summed E-state index contributed by atoms with van der Waals surface area (Å²) in [4.78, 5) is 18.8. The molecule has 130 valence electrons. The van der Waals surface area contributed by atoms with Crippen molar-refractivity contribution < 1.29 is 4.79 Å². The van der Waals surface area contributed by atoms with Crippen molar-refractivity contribution in [1.29, 1.82) is 0 Å². The molecule has 0 atom stereocenters. The number of anilines is 2. The Bertz CT molecular complexity index is 888. The Morgan fingerprint density at radius 1 is 1.16 bits per heavy atom. The van der Waals surface area contributed by atoms with Gasteiger partial charge in [0.15, 0.2) is 0 Å². The molecule has 0 saturated heterocycles. The molecule has 1 heterocycles. The van der Waals surface area contributed by atoms with E-state index in [1.807, 2.05) is 56.8 Å². The fourth-order valence-corrected chi connectivity index (χ4v) is 3.01. The maximum atomic E-state index is 12.4. The monoisotopic (exact) mass is 336 g/mol. The van der Waals surface area contributed by atoms with Crippen LogP contribution < -0.4 is 10.2 Å². The zero-order valence-electron chi connectivity index (χ0n) is 15.2. The second-order valence-electron chi connectivity index (χ2n) is 6.57. The number of hydrogen-bond acceptors (Lipinski definition) is 3. The molecule has 3 aromatic rings. The van der Waals surface area contributed by atoms with E-state index in [-0.39, 0.29) is 5.91 Å². The number of amides is 1. The van der Waals surface area contributed by atoms with Gasteiger partial charge in [-0.3, -0.25) is 4.79 Å². The van der Waals surface area contributed by atoms with Crippen molar-refractivity contribution >= 4 is 28.3 Å². The van der Waals surface area contributed by atoms with Gasteiger partial charge in [-0.05, 0) is 49.2 Å². The van der Waals surface area contributed by atoms with Crippen LogP contribution in [0.3, 0.4) is 0 Å². The first-order valence-electron chi connectivity index (χ1n) is 8.44. The van der Waals surface area contributed by atoms with Crippen molar-refractivity contribution in [2.45, 2.75) is 26.8 Å². The van der Waals surface area contributed by atoms with Gasteiger partial charge in [-0.25, -0.2) is 4.98 Å². The van der Waals surface area contributed by atoms with Gasteiger partial charge in [-0.15, -0.1) is 0 Å². The predicted molar refractivity (Wildman–Crippen MR) is 103 cm³/mol. The summed E-state index contributed by atoms with van der Waals surface area (Å²) in [6.07, 6.45) is 2.20. The fraction of sp³-hybridized carbons (Fsp3) is 0.300. The molecule has 0 aliphatic carbocycles. The standard InChI is InChI=1S/C20H24N4O/c1-14-11-16(23(3)4)12-15(2)20(14)22-19(25)9-10-24-13-21-17-7-5-6-8-18(17)24/h5-8,11-13H,9-10H2,1-4H3,(H,22,25). The van der Waals surface area contributed by atoms with Crippen LogP contribution in [0.4, 0.5) is 11.4 Å². The SMILES string of the molecule is Cc1cc(N(C)C)cc(C)c1NC(=O)CCn1cnc2ccccc21. The first-order valence-corrected chi connectivity index (χ1v) is 8.44. The maximum Gasteiger partial charge on any atom is 0.226 e. The van der Waals surface area contributed by atoms with E-state index in [2.05, 4.69) is 27.3 Å². The van der Waals surface area contributed by atoms with Crippen molar-refractivity contribution in [3.05, 3.63) is 53.9 Å². The number of hydrogen-bond donors (Lipinski definition) is 1. The summed E-state index contributed by atoms with van der Waals surface area (Å²) >= 11 is 0. The van der Waals surface area contributed by atoms with E-state index in [0.29, 0.717) is 13.0 Å². The number of carbonyl (C=O) groups excluding carboxylic acids is 1. The van der Waals surface area contributed by atoms with E-state index in [9.17, 15) is 4.79 Å². The number of imidazole rings is 1. The average Bonchev–Trinajstić information content (AvgIpc) is 2.99. The average molecular weight is 336 g/mol. The highest BCUT2D eigenvalue weighted by molar-refractivity contribution is 5.92. The van der Waals surface area contributed by atoms with Gasteiger partial charge in [0.1, 0.15) is 0 Å². The summed E-state index contributed by atoms with van der Waals surface area (Å²) in [5.41, 5.74) is 6.20. The Morgan fingerprint density at radius 3 is 2.52 bits per heavy atom. The van der Waals surface area contributed by atoms with Crippen molar-refractivity contribution in [1.82, 2.24) is 9.55 Å². The van der Waals surface area contributed by atoms with E-state index in [4.69, 9.17) is 0 Å². The topological polar surface area (TPSA) is 50.2 Å². The molecule has 0 aliphatic rings. The highest BCUT2D eigenvalue weighted by atomic mass is 16.1. The molecule has 5 nitrogen and oxygen atoms in total. The third kappa shape index (κ3) is 3.65. The molecule has 0 radical (unpaired) electrons. The molecule has 0 spiro atoms. The number of para-hydroxylation sites is 2. The van der Waals surface area contributed by atoms with Crippen LogP contribution in [0.1, 0.15) is 17.5 Å². The van der Waals surface area contributed by atoms with Crippen LogP contribution in [0.5, 0.6) is 0 Å². The van der Waals surface area contributed by atoms with Crippen LogP contribution in [0, 0.1) is 13.8 Å². The van der Waals surface area contributed by atoms with Crippen LogP contribution in [-0.4, -0.2) is 29.6 Å². The van der Waals surface area contributed by atoms with Crippen molar-refractivity contribution in [3.8, 4) is 0 Å². The van der Waals surface area contributed by atoms with Crippen molar-refractivity contribution in [2.24, 2.45) is 0 Å². The van der Waals surface area contributed by atoms with Crippen LogP contribution in [0.15, 0.2) is 42.7 Å². The first kappa shape index (κ1) is 17.0. The third-order valence-electron chi connectivity index (χ3n) is 4.41. The minimum Gasteiger partial charge on any atom is -0.378 e. The number of benzene rings is 2. The summed E-state index contributed by atoms with van der Waals surface area (Å²) in [5.74, 6) is 0.0154. The lowest BCUT2D eigenvalue weighted by Crippen LogP contribution is -2.16. The number of fused-ring (bicyclic) bond motifs is 1. The smallest absolute Gasteiger partial charge is 0.226 e. The second kappa shape index (κ2) is 6.97. The van der Waals surface area contributed by atoms with Crippen LogP contribution in [0.2, 0.25) is 0 Å². The van der Waals surface area contributed by atoms with Gasteiger partial charge < -0.3 is 14.8 Å². The van der Waals surface area contributed by atoms with E-state index >= 15 is 0 Å². The fourth-order valence-electron chi connectivity index (χ4n) is 3.01. The van der Waals surface area contributed by atoms with Crippen LogP contribution >= 0.6 is 0 Å². The number of carbonyl (C=O) groups is 1. The largest absolute Gasteiger partial charge is 0.378 e. The van der Waals surface area contributed by atoms with Gasteiger partial charge in [0.25, 0.3) is 0 Å².